The molecule has 1 aliphatic carbocycles. The third kappa shape index (κ3) is 8.48. The number of aliphatic hydroxyl groups is 7. The standard InChI is InChI=1S/C23H39N7O15/c1-6(31)17-15(36)14(35)11(30-41)21(43-17)44-18-8(29-40)4-7(28-20(38)9(32)2-3-27-39)12(33)19(18)45-22-16(37)13(34)10(42-22)5-26-23(24)25/h6-19,21-22,31-37H,2-5H2,1H3,(H,28,38)(H4,24,25,26)/t6-,7-,8?,9?,10-,11?,12?,13?,14?,15+,16?,17?,18-,19?,21-,22+/m1/s1. The molecule has 0 bridgehead atoms. The molecular weight excluding hydrogens is 614 g/mol. The van der Waals surface area contributed by atoms with E-state index in [1.807, 2.05) is 0 Å². The Labute approximate surface area is 254 Å². The van der Waals surface area contributed by atoms with Crippen molar-refractivity contribution >= 4 is 11.9 Å². The minimum Gasteiger partial charge on any atom is -0.391 e. The van der Waals surface area contributed by atoms with Gasteiger partial charge in [-0.3, -0.25) is 10.2 Å². The molecule has 9 unspecified atom stereocenters. The summed E-state index contributed by atoms with van der Waals surface area (Å²) in [5.74, 6) is -1.52. The number of amides is 1. The summed E-state index contributed by atoms with van der Waals surface area (Å²) in [5, 5.41) is 93.5. The molecule has 22 nitrogen and oxygen atoms in total. The Balaban J connectivity index is 1.92. The van der Waals surface area contributed by atoms with Crippen molar-refractivity contribution < 1.29 is 59.5 Å². The van der Waals surface area contributed by atoms with Crippen LogP contribution in [0, 0.1) is 20.1 Å². The lowest BCUT2D eigenvalue weighted by Gasteiger charge is -2.47. The first-order valence-corrected chi connectivity index (χ1v) is 14.0. The number of hydrogen-bond donors (Lipinski definition) is 11. The van der Waals surface area contributed by atoms with Crippen LogP contribution in [0.2, 0.25) is 0 Å². The Kier molecular flexibility index (Phi) is 13.1. The monoisotopic (exact) mass is 653 g/mol. The first kappa shape index (κ1) is 36.6. The fourth-order valence-electron chi connectivity index (χ4n) is 5.35. The second-order valence-corrected chi connectivity index (χ2v) is 11.0. The normalized spacial score (nSPS) is 41.4. The lowest BCUT2D eigenvalue weighted by atomic mass is 9.83. The molecule has 1 saturated carbocycles. The smallest absolute Gasteiger partial charge is 0.249 e. The Morgan fingerprint density at radius 2 is 1.62 bits per heavy atom. The van der Waals surface area contributed by atoms with Crippen LogP contribution in [0.5, 0.6) is 0 Å². The molecule has 256 valence electrons. The van der Waals surface area contributed by atoms with Gasteiger partial charge in [-0.1, -0.05) is 15.5 Å². The highest BCUT2D eigenvalue weighted by atomic mass is 16.7. The molecule has 3 aliphatic rings. The lowest BCUT2D eigenvalue weighted by Crippen LogP contribution is -2.66. The summed E-state index contributed by atoms with van der Waals surface area (Å²) in [4.78, 5) is 46.7. The molecule has 0 aromatic carbocycles. The Bertz CT molecular complexity index is 1040. The van der Waals surface area contributed by atoms with Gasteiger partial charge < -0.3 is 71.1 Å². The number of hydrogen-bond acceptors (Lipinski definition) is 19. The van der Waals surface area contributed by atoms with Gasteiger partial charge in [-0.25, -0.2) is 0 Å². The van der Waals surface area contributed by atoms with Gasteiger partial charge in [0, 0.05) is 13.0 Å². The van der Waals surface area contributed by atoms with E-state index >= 15 is 0 Å². The van der Waals surface area contributed by atoms with Crippen molar-refractivity contribution in [2.45, 2.75) is 118 Å². The molecule has 2 saturated heterocycles. The van der Waals surface area contributed by atoms with Crippen molar-refractivity contribution in [2.24, 2.45) is 21.3 Å². The Morgan fingerprint density at radius 1 is 0.956 bits per heavy atom. The molecule has 3 rings (SSSR count). The number of nitrogens with zero attached hydrogens (tertiary/aromatic N) is 3. The molecule has 22 heteroatoms. The van der Waals surface area contributed by atoms with Gasteiger partial charge in [0.2, 0.25) is 5.91 Å². The van der Waals surface area contributed by atoms with E-state index < -0.39 is 123 Å². The van der Waals surface area contributed by atoms with Gasteiger partial charge >= 0.3 is 0 Å². The number of carbonyl (C=O) groups excluding carboxylic acids is 1. The van der Waals surface area contributed by atoms with Crippen LogP contribution in [0.1, 0.15) is 19.8 Å². The van der Waals surface area contributed by atoms with Crippen LogP contribution < -0.4 is 16.4 Å². The van der Waals surface area contributed by atoms with Gasteiger partial charge in [0.1, 0.15) is 67.1 Å². The van der Waals surface area contributed by atoms with Gasteiger partial charge in [0.15, 0.2) is 24.6 Å². The van der Waals surface area contributed by atoms with Crippen LogP contribution in [-0.4, -0.2) is 159 Å². The maximum absolute atomic E-state index is 12.5. The van der Waals surface area contributed by atoms with Crippen molar-refractivity contribution in [3.05, 3.63) is 14.7 Å². The van der Waals surface area contributed by atoms with E-state index in [0.29, 0.717) is 0 Å². The average Bonchev–Trinajstić information content (AvgIpc) is 3.26. The molecule has 2 heterocycles. The van der Waals surface area contributed by atoms with Crippen molar-refractivity contribution in [1.82, 2.24) is 10.6 Å². The van der Waals surface area contributed by atoms with E-state index in [1.165, 1.54) is 6.92 Å². The molecule has 16 atom stereocenters. The van der Waals surface area contributed by atoms with Crippen LogP contribution in [-0.2, 0) is 23.7 Å². The quantitative estimate of drug-likeness (QED) is 0.0473. The zero-order valence-electron chi connectivity index (χ0n) is 23.9. The van der Waals surface area contributed by atoms with Gasteiger partial charge in [-0.15, -0.1) is 0 Å². The number of rotatable bonds is 14. The average molecular weight is 654 g/mol. The van der Waals surface area contributed by atoms with E-state index in [9.17, 15) is 55.3 Å². The fraction of sp³-hybridized carbons (Fsp3) is 0.913. The number of nitroso groups, excluding NO2 is 3. The second-order valence-electron chi connectivity index (χ2n) is 11.0. The molecule has 2 aliphatic heterocycles. The first-order valence-electron chi connectivity index (χ1n) is 14.0. The highest BCUT2D eigenvalue weighted by Gasteiger charge is 2.55. The largest absolute Gasteiger partial charge is 0.391 e. The number of nitrogens with two attached hydrogens (primary N) is 1. The molecule has 12 N–H and O–H groups in total. The second kappa shape index (κ2) is 16.1. The summed E-state index contributed by atoms with van der Waals surface area (Å²) >= 11 is 0. The summed E-state index contributed by atoms with van der Waals surface area (Å²) in [6.45, 7) is 0.559. The molecule has 0 spiro atoms. The molecule has 3 fully saturated rings. The number of nitrogens with one attached hydrogen (secondary N) is 3. The summed E-state index contributed by atoms with van der Waals surface area (Å²) < 4.78 is 22.6. The minimum absolute atomic E-state index is 0.255. The van der Waals surface area contributed by atoms with E-state index in [-0.39, 0.29) is 13.0 Å². The highest BCUT2D eigenvalue weighted by molar-refractivity contribution is 5.80. The molecule has 0 aromatic rings. The van der Waals surface area contributed by atoms with Gasteiger partial charge in [0.25, 0.3) is 0 Å². The van der Waals surface area contributed by atoms with E-state index in [0.717, 1.165) is 0 Å². The predicted molar refractivity (Wildman–Crippen MR) is 146 cm³/mol. The number of ether oxygens (including phenoxy) is 4. The summed E-state index contributed by atoms with van der Waals surface area (Å²) in [5.41, 5.74) is 5.25. The van der Waals surface area contributed by atoms with Crippen molar-refractivity contribution in [1.29, 1.82) is 5.41 Å². The van der Waals surface area contributed by atoms with Crippen molar-refractivity contribution in [2.75, 3.05) is 13.1 Å². The molecule has 0 aromatic heterocycles. The molecule has 0 radical (unpaired) electrons. The zero-order chi connectivity index (χ0) is 33.6. The number of guanidine groups is 1. The van der Waals surface area contributed by atoms with Gasteiger partial charge in [-0.2, -0.15) is 14.7 Å². The van der Waals surface area contributed by atoms with Crippen LogP contribution >= 0.6 is 0 Å². The maximum Gasteiger partial charge on any atom is 0.249 e. The van der Waals surface area contributed by atoms with E-state index in [2.05, 4.69) is 26.2 Å². The topological polar surface area (TPSA) is 358 Å². The highest BCUT2D eigenvalue weighted by Crippen LogP contribution is 2.35. The third-order valence-corrected chi connectivity index (χ3v) is 7.81. The minimum atomic E-state index is -1.91. The predicted octanol–water partition coefficient (Wildman–Crippen LogP) is -5.45. The van der Waals surface area contributed by atoms with E-state index in [1.54, 1.807) is 0 Å². The summed E-state index contributed by atoms with van der Waals surface area (Å²) in [6.07, 6.45) is -22.6. The third-order valence-electron chi connectivity index (χ3n) is 7.81. The van der Waals surface area contributed by atoms with Crippen LogP contribution in [0.15, 0.2) is 15.5 Å². The van der Waals surface area contributed by atoms with Gasteiger partial charge in [-0.05, 0) is 13.3 Å². The number of aliphatic hydroxyl groups excluding tert-OH is 7. The Hall–Kier alpha value is -2.90. The summed E-state index contributed by atoms with van der Waals surface area (Å²) in [7, 11) is 0. The molecular formula is C23H39N7O15. The molecule has 1 amide bonds. The van der Waals surface area contributed by atoms with Crippen molar-refractivity contribution in [3.8, 4) is 0 Å². The van der Waals surface area contributed by atoms with Crippen molar-refractivity contribution in [3.63, 3.8) is 0 Å². The number of carbonyl (C=O) groups is 1. The van der Waals surface area contributed by atoms with Crippen LogP contribution in [0.25, 0.3) is 0 Å². The first-order chi connectivity index (χ1) is 21.2. The maximum atomic E-state index is 12.5. The molecule has 45 heavy (non-hydrogen) atoms. The fourth-order valence-corrected chi connectivity index (χ4v) is 5.35. The van der Waals surface area contributed by atoms with Crippen LogP contribution in [0.3, 0.4) is 0 Å². The zero-order valence-corrected chi connectivity index (χ0v) is 23.9. The van der Waals surface area contributed by atoms with E-state index in [4.69, 9.17) is 30.1 Å². The SMILES string of the molecule is C[C@@H](O)C1O[C@H](O[C@@H]2C(N=O)C[C@@H](NC(=O)C(O)CCN=O)C(O)C2O[C@@H]2O[C@H](CNC(=N)N)C(O)C2O)C(N=O)C(O)[C@@H]1O. The summed E-state index contributed by atoms with van der Waals surface area (Å²) in [6, 6.07) is -4.75. The van der Waals surface area contributed by atoms with Gasteiger partial charge in [0.05, 0.1) is 18.7 Å². The lowest BCUT2D eigenvalue weighted by molar-refractivity contribution is -0.315. The Morgan fingerprint density at radius 3 is 2.20 bits per heavy atom. The van der Waals surface area contributed by atoms with Crippen LogP contribution in [0.4, 0.5) is 0 Å².